The Hall–Kier alpha value is -2.20. The van der Waals surface area contributed by atoms with Crippen molar-refractivity contribution in [3.8, 4) is 0 Å². The Labute approximate surface area is 216 Å². The predicted molar refractivity (Wildman–Crippen MR) is 138 cm³/mol. The SMILES string of the molecule is CC(C)(C)NCCO.O=C(O)c1csc(N(C(=O)c2ccc(Cl)cc2Cl)c2ccc(Cl)cc2)n1. The van der Waals surface area contributed by atoms with Crippen LogP contribution in [0.1, 0.15) is 41.6 Å². The number of halogens is 3. The van der Waals surface area contributed by atoms with Crippen LogP contribution in [-0.2, 0) is 0 Å². The summed E-state index contributed by atoms with van der Waals surface area (Å²) in [6, 6.07) is 11.0. The minimum Gasteiger partial charge on any atom is -0.476 e. The molecule has 0 fully saturated rings. The number of hydrogen-bond donors (Lipinski definition) is 3. The molecule has 0 aliphatic heterocycles. The van der Waals surface area contributed by atoms with E-state index in [0.29, 0.717) is 22.3 Å². The Kier molecular flexibility index (Phi) is 10.3. The molecule has 0 atom stereocenters. The van der Waals surface area contributed by atoms with Crippen LogP contribution in [0.3, 0.4) is 0 Å². The monoisotopic (exact) mass is 543 g/mol. The summed E-state index contributed by atoms with van der Waals surface area (Å²) < 4.78 is 0. The average Bonchev–Trinajstić information content (AvgIpc) is 3.24. The van der Waals surface area contributed by atoms with Crippen LogP contribution in [0.15, 0.2) is 47.8 Å². The minimum atomic E-state index is -1.18. The first-order chi connectivity index (χ1) is 15.9. The zero-order valence-electron chi connectivity index (χ0n) is 18.7. The number of aromatic carboxylic acids is 1. The van der Waals surface area contributed by atoms with Crippen LogP contribution >= 0.6 is 46.1 Å². The van der Waals surface area contributed by atoms with E-state index in [9.17, 15) is 9.59 Å². The van der Waals surface area contributed by atoms with Gasteiger partial charge in [-0.2, -0.15) is 0 Å². The molecule has 34 heavy (non-hydrogen) atoms. The third kappa shape index (κ3) is 8.23. The lowest BCUT2D eigenvalue weighted by molar-refractivity contribution is 0.0691. The lowest BCUT2D eigenvalue weighted by Crippen LogP contribution is -2.37. The summed E-state index contributed by atoms with van der Waals surface area (Å²) >= 11 is 19.0. The van der Waals surface area contributed by atoms with Crippen LogP contribution in [0.5, 0.6) is 0 Å². The Morgan fingerprint density at radius 3 is 2.15 bits per heavy atom. The van der Waals surface area contributed by atoms with Gasteiger partial charge in [-0.25, -0.2) is 9.78 Å². The summed E-state index contributed by atoms with van der Waals surface area (Å²) in [4.78, 5) is 29.6. The smallest absolute Gasteiger partial charge is 0.355 e. The second-order valence-corrected chi connectivity index (χ2v) is 10.1. The van der Waals surface area contributed by atoms with E-state index < -0.39 is 11.9 Å². The van der Waals surface area contributed by atoms with E-state index in [1.807, 2.05) is 0 Å². The maximum atomic E-state index is 13.1. The third-order valence-electron chi connectivity index (χ3n) is 4.12. The summed E-state index contributed by atoms with van der Waals surface area (Å²) in [7, 11) is 0. The van der Waals surface area contributed by atoms with Gasteiger partial charge in [0.1, 0.15) is 0 Å². The molecule has 7 nitrogen and oxygen atoms in total. The highest BCUT2D eigenvalue weighted by Gasteiger charge is 2.25. The van der Waals surface area contributed by atoms with Gasteiger partial charge >= 0.3 is 5.97 Å². The van der Waals surface area contributed by atoms with Gasteiger partial charge in [-0.1, -0.05) is 34.8 Å². The molecular weight excluding hydrogens is 521 g/mol. The van der Waals surface area contributed by atoms with Gasteiger partial charge in [0.15, 0.2) is 10.8 Å². The van der Waals surface area contributed by atoms with Gasteiger partial charge in [-0.15, -0.1) is 11.3 Å². The van der Waals surface area contributed by atoms with E-state index in [4.69, 9.17) is 45.0 Å². The summed E-state index contributed by atoms with van der Waals surface area (Å²) in [6.07, 6.45) is 0. The normalized spacial score (nSPS) is 10.9. The van der Waals surface area contributed by atoms with Crippen LogP contribution in [0.2, 0.25) is 15.1 Å². The Morgan fingerprint density at radius 2 is 1.68 bits per heavy atom. The highest BCUT2D eigenvalue weighted by Crippen LogP contribution is 2.33. The first-order valence-corrected chi connectivity index (χ1v) is 12.0. The Bertz CT molecular complexity index is 1130. The van der Waals surface area contributed by atoms with Gasteiger partial charge in [-0.3, -0.25) is 9.69 Å². The van der Waals surface area contributed by atoms with Crippen molar-refractivity contribution in [1.82, 2.24) is 10.3 Å². The number of aliphatic hydroxyl groups excluding tert-OH is 1. The number of benzene rings is 2. The quantitative estimate of drug-likeness (QED) is 0.344. The van der Waals surface area contributed by atoms with Gasteiger partial charge in [-0.05, 0) is 63.2 Å². The van der Waals surface area contributed by atoms with E-state index in [-0.39, 0.29) is 33.6 Å². The summed E-state index contributed by atoms with van der Waals surface area (Å²) in [5.41, 5.74) is 0.664. The summed E-state index contributed by atoms with van der Waals surface area (Å²) in [5, 5.41) is 23.2. The van der Waals surface area contributed by atoms with Crippen molar-refractivity contribution in [2.45, 2.75) is 26.3 Å². The third-order valence-corrected chi connectivity index (χ3v) is 5.74. The van der Waals surface area contributed by atoms with Crippen molar-refractivity contribution >= 4 is 68.8 Å². The van der Waals surface area contributed by atoms with Gasteiger partial charge in [0.05, 0.1) is 22.9 Å². The number of amides is 1. The molecule has 0 aliphatic rings. The van der Waals surface area contributed by atoms with E-state index in [1.54, 1.807) is 30.3 Å². The maximum Gasteiger partial charge on any atom is 0.355 e. The van der Waals surface area contributed by atoms with Crippen molar-refractivity contribution in [2.24, 2.45) is 0 Å². The molecule has 1 aromatic heterocycles. The van der Waals surface area contributed by atoms with Crippen LogP contribution in [-0.4, -0.2) is 45.8 Å². The standard InChI is InChI=1S/C17H9Cl3N2O3S.C6H15NO/c18-9-1-4-11(5-2-9)22(17-21-14(8-26-17)16(24)25)15(23)12-6-3-10(19)7-13(12)20;1-6(2,3)7-4-5-8/h1-8H,(H,24,25);7-8H,4-5H2,1-3H3. The number of aromatic nitrogens is 1. The molecule has 0 spiro atoms. The van der Waals surface area contributed by atoms with Gasteiger partial charge < -0.3 is 15.5 Å². The number of thiazole rings is 1. The fraction of sp³-hybridized carbons (Fsp3) is 0.261. The van der Waals surface area contributed by atoms with Crippen LogP contribution in [0, 0.1) is 0 Å². The molecule has 0 radical (unpaired) electrons. The average molecular weight is 545 g/mol. The number of carbonyl (C=O) groups is 2. The highest BCUT2D eigenvalue weighted by atomic mass is 35.5. The summed E-state index contributed by atoms with van der Waals surface area (Å²) in [6.45, 7) is 7.12. The van der Waals surface area contributed by atoms with E-state index in [0.717, 1.165) is 11.3 Å². The number of rotatable bonds is 6. The molecule has 1 heterocycles. The predicted octanol–water partition coefficient (Wildman–Crippen LogP) is 6.15. The van der Waals surface area contributed by atoms with Crippen LogP contribution in [0.25, 0.3) is 0 Å². The van der Waals surface area contributed by atoms with Crippen LogP contribution in [0.4, 0.5) is 10.8 Å². The number of anilines is 2. The van der Waals surface area contributed by atoms with Gasteiger partial charge in [0, 0.05) is 27.5 Å². The number of hydrogen-bond acceptors (Lipinski definition) is 6. The zero-order chi connectivity index (χ0) is 25.5. The molecule has 0 saturated heterocycles. The van der Waals surface area contributed by atoms with Crippen molar-refractivity contribution in [2.75, 3.05) is 18.1 Å². The first-order valence-electron chi connectivity index (χ1n) is 10.0. The first kappa shape index (κ1) is 28.0. The maximum absolute atomic E-state index is 13.1. The van der Waals surface area contributed by atoms with Gasteiger partial charge in [0.2, 0.25) is 0 Å². The molecule has 3 aromatic rings. The molecule has 0 unspecified atom stereocenters. The molecule has 11 heteroatoms. The van der Waals surface area contributed by atoms with Crippen molar-refractivity contribution in [3.05, 3.63) is 74.2 Å². The number of β-amino-alcohol motifs (C(OH)–C–C–N with tert-alkyl or cyclic N) is 1. The molecule has 0 bridgehead atoms. The number of carboxylic acids is 1. The van der Waals surface area contributed by atoms with Gasteiger partial charge in [0.25, 0.3) is 5.91 Å². The topological polar surface area (TPSA) is 103 Å². The number of nitrogens with one attached hydrogen (secondary N) is 1. The Balaban J connectivity index is 0.000000440. The number of carboxylic acid groups (broad SMARTS) is 1. The molecule has 182 valence electrons. The lowest BCUT2D eigenvalue weighted by Gasteiger charge is -2.20. The number of aliphatic hydroxyl groups is 1. The minimum absolute atomic E-state index is 0.142. The number of nitrogens with zero attached hydrogens (tertiary/aromatic N) is 2. The summed E-state index contributed by atoms with van der Waals surface area (Å²) in [5.74, 6) is -1.65. The van der Waals surface area contributed by atoms with E-state index in [1.165, 1.54) is 22.4 Å². The molecule has 3 rings (SSSR count). The van der Waals surface area contributed by atoms with Crippen molar-refractivity contribution in [1.29, 1.82) is 0 Å². The second kappa shape index (κ2) is 12.5. The van der Waals surface area contributed by atoms with E-state index >= 15 is 0 Å². The zero-order valence-corrected chi connectivity index (χ0v) is 21.8. The van der Waals surface area contributed by atoms with E-state index in [2.05, 4.69) is 31.1 Å². The van der Waals surface area contributed by atoms with Crippen molar-refractivity contribution in [3.63, 3.8) is 0 Å². The van der Waals surface area contributed by atoms with Crippen molar-refractivity contribution < 1.29 is 19.8 Å². The fourth-order valence-corrected chi connectivity index (χ4v) is 4.01. The molecular formula is C23H24Cl3N3O4S. The lowest BCUT2D eigenvalue weighted by atomic mass is 10.1. The molecule has 3 N–H and O–H groups in total. The molecule has 0 saturated carbocycles. The highest BCUT2D eigenvalue weighted by molar-refractivity contribution is 7.14. The largest absolute Gasteiger partial charge is 0.476 e. The Morgan fingerprint density at radius 1 is 1.06 bits per heavy atom. The fourth-order valence-electron chi connectivity index (χ4n) is 2.58. The number of carbonyl (C=O) groups excluding carboxylic acids is 1. The molecule has 0 aliphatic carbocycles. The molecule has 2 aromatic carbocycles. The second-order valence-electron chi connectivity index (χ2n) is 7.96. The molecule has 1 amide bonds. The van der Waals surface area contributed by atoms with Crippen LogP contribution < -0.4 is 10.2 Å².